The maximum absolute atomic E-state index is 13.6. The van der Waals surface area contributed by atoms with E-state index in [1.54, 1.807) is 48.6 Å². The summed E-state index contributed by atoms with van der Waals surface area (Å²) < 4.78 is 80.0. The fourth-order valence-corrected chi connectivity index (χ4v) is 13.3. The smallest absolute Gasteiger partial charge is 0.209 e. The van der Waals surface area contributed by atoms with Crippen molar-refractivity contribution in [1.29, 1.82) is 0 Å². The molecule has 0 fully saturated rings. The molecule has 2 aromatic heterocycles. The monoisotopic (exact) mass is 676 g/mol. The van der Waals surface area contributed by atoms with Crippen LogP contribution in [0, 0.1) is 0 Å². The van der Waals surface area contributed by atoms with Crippen molar-refractivity contribution in [1.82, 2.24) is 0 Å². The number of allylic oxidation sites excluding steroid dienone is 8. The lowest BCUT2D eigenvalue weighted by atomic mass is 10.1. The number of hydrogen-bond donors (Lipinski definition) is 0. The molecular weight excluding hydrogens is 641 g/mol. The molecule has 0 unspecified atom stereocenters. The second-order valence-corrected chi connectivity index (χ2v) is 18.8. The van der Waals surface area contributed by atoms with Gasteiger partial charge in [0, 0.05) is 29.3 Å². The normalized spacial score (nSPS) is 20.0. The van der Waals surface area contributed by atoms with Crippen LogP contribution in [0.25, 0.3) is 19.6 Å². The van der Waals surface area contributed by atoms with Crippen LogP contribution in [-0.2, 0) is 29.5 Å². The van der Waals surface area contributed by atoms with Gasteiger partial charge >= 0.3 is 0 Å². The highest BCUT2D eigenvalue weighted by atomic mass is 32.2. The summed E-state index contributed by atoms with van der Waals surface area (Å²) in [5, 5.41) is 0. The Kier molecular flexibility index (Phi) is 9.68. The maximum atomic E-state index is 13.6. The molecule has 0 aliphatic carbocycles. The van der Waals surface area contributed by atoms with Crippen LogP contribution in [0.15, 0.2) is 70.5 Å². The fourth-order valence-electron chi connectivity index (χ4n) is 5.38. The van der Waals surface area contributed by atoms with Gasteiger partial charge in [0.2, 0.25) is 29.5 Å². The lowest BCUT2D eigenvalue weighted by molar-refractivity contribution is 0.605. The van der Waals surface area contributed by atoms with Crippen molar-refractivity contribution in [3.63, 3.8) is 0 Å². The van der Waals surface area contributed by atoms with E-state index < -0.39 is 29.5 Å². The molecule has 0 saturated heterocycles. The Morgan fingerprint density at radius 2 is 0.767 bits per heavy atom. The molecule has 3 aliphatic rings. The first-order valence-electron chi connectivity index (χ1n) is 14.7. The van der Waals surface area contributed by atoms with Gasteiger partial charge in [-0.15, -0.1) is 22.7 Å². The number of thiophene rings is 2. The van der Waals surface area contributed by atoms with Crippen molar-refractivity contribution in [2.75, 3.05) is 0 Å². The van der Waals surface area contributed by atoms with E-state index in [1.165, 1.54) is 12.2 Å². The van der Waals surface area contributed by atoms with Gasteiger partial charge in [0.1, 0.15) is 0 Å². The first kappa shape index (κ1) is 32.1. The highest BCUT2D eigenvalue weighted by Crippen LogP contribution is 2.46. The molecule has 0 amide bonds. The van der Waals surface area contributed by atoms with Crippen molar-refractivity contribution in [2.24, 2.45) is 0 Å². The predicted molar refractivity (Wildman–Crippen MR) is 181 cm³/mol. The van der Waals surface area contributed by atoms with E-state index in [0.29, 0.717) is 42.2 Å². The van der Waals surface area contributed by atoms with E-state index in [1.807, 2.05) is 0 Å². The summed E-state index contributed by atoms with van der Waals surface area (Å²) in [6, 6.07) is 6.64. The first-order chi connectivity index (χ1) is 20.5. The zero-order valence-corrected chi connectivity index (χ0v) is 28.4. The second kappa shape index (κ2) is 13.0. The highest BCUT2D eigenvalue weighted by molar-refractivity contribution is 8.09. The molecule has 0 bridgehead atoms. The molecular formula is C32H36O6S5. The minimum atomic E-state index is -3.89. The Morgan fingerprint density at radius 3 is 1.12 bits per heavy atom. The Bertz CT molecular complexity index is 1790. The van der Waals surface area contributed by atoms with Crippen molar-refractivity contribution >= 4 is 71.8 Å². The van der Waals surface area contributed by atoms with Crippen LogP contribution < -0.4 is 0 Å². The minimum absolute atomic E-state index is 0.112. The molecule has 43 heavy (non-hydrogen) atoms. The zero-order chi connectivity index (χ0) is 30.8. The fraction of sp³-hybridized carbons (Fsp3) is 0.375. The molecule has 3 aliphatic heterocycles. The lowest BCUT2D eigenvalue weighted by Gasteiger charge is -2.07. The van der Waals surface area contributed by atoms with Crippen LogP contribution in [-0.4, -0.2) is 25.3 Å². The number of hydrogen-bond acceptors (Lipinski definition) is 8. The van der Waals surface area contributed by atoms with Crippen LogP contribution in [0.3, 0.4) is 0 Å². The standard InChI is InChI=1S/C32H36O6S5/c1-3-5-7-9-11-23-13-19-29(41(23,33)34)25-15-17-27(39-25)31-21-22-32(43(31,37)38)28-18-16-26(40-28)30-20-14-24(42(30,35)36)12-10-8-6-4-2/h13-22H,3-12H2,1-2H3. The van der Waals surface area contributed by atoms with E-state index in [0.717, 1.165) is 74.0 Å². The molecule has 6 nitrogen and oxygen atoms in total. The molecule has 230 valence electrons. The Balaban J connectivity index is 1.27. The van der Waals surface area contributed by atoms with Gasteiger partial charge in [0.15, 0.2) is 0 Å². The summed E-state index contributed by atoms with van der Waals surface area (Å²) in [6.07, 6.45) is 18.6. The minimum Gasteiger partial charge on any atom is -0.219 e. The Morgan fingerprint density at radius 1 is 0.442 bits per heavy atom. The predicted octanol–water partition coefficient (Wildman–Crippen LogP) is 8.87. The largest absolute Gasteiger partial charge is 0.219 e. The van der Waals surface area contributed by atoms with Crippen LogP contribution in [0.1, 0.15) is 97.6 Å². The van der Waals surface area contributed by atoms with Gasteiger partial charge in [-0.1, -0.05) is 52.4 Å². The Hall–Kier alpha value is -2.31. The molecule has 11 heteroatoms. The highest BCUT2D eigenvalue weighted by Gasteiger charge is 2.35. The van der Waals surface area contributed by atoms with Gasteiger partial charge in [0.05, 0.1) is 19.6 Å². The molecule has 0 spiro atoms. The van der Waals surface area contributed by atoms with Crippen molar-refractivity contribution in [2.45, 2.75) is 78.1 Å². The van der Waals surface area contributed by atoms with E-state index in [4.69, 9.17) is 0 Å². The number of rotatable bonds is 14. The van der Waals surface area contributed by atoms with Gasteiger partial charge in [0.25, 0.3) is 0 Å². The molecule has 5 rings (SSSR count). The summed E-state index contributed by atoms with van der Waals surface area (Å²) in [5.74, 6) is 0. The summed E-state index contributed by atoms with van der Waals surface area (Å²) in [4.78, 5) is 3.42. The van der Waals surface area contributed by atoms with Crippen LogP contribution in [0.5, 0.6) is 0 Å². The summed E-state index contributed by atoms with van der Waals surface area (Å²) in [7, 11) is -11.1. The van der Waals surface area contributed by atoms with Gasteiger partial charge in [-0.25, -0.2) is 25.3 Å². The third-order valence-corrected chi connectivity index (χ3v) is 16.4. The van der Waals surface area contributed by atoms with Crippen molar-refractivity contribution in [3.8, 4) is 0 Å². The quantitative estimate of drug-likeness (QED) is 0.185. The average Bonchev–Trinajstić information content (AvgIpc) is 3.76. The third kappa shape index (κ3) is 6.29. The summed E-state index contributed by atoms with van der Waals surface area (Å²) in [6.45, 7) is 4.22. The zero-order valence-electron chi connectivity index (χ0n) is 24.3. The van der Waals surface area contributed by atoms with E-state index in [9.17, 15) is 25.3 Å². The van der Waals surface area contributed by atoms with Crippen LogP contribution in [0.2, 0.25) is 0 Å². The second-order valence-electron chi connectivity index (χ2n) is 10.8. The molecule has 0 radical (unpaired) electrons. The number of sulfone groups is 3. The maximum Gasteiger partial charge on any atom is 0.209 e. The van der Waals surface area contributed by atoms with Crippen molar-refractivity contribution in [3.05, 3.63) is 90.0 Å². The average molecular weight is 677 g/mol. The Labute approximate surface area is 263 Å². The van der Waals surface area contributed by atoms with Crippen LogP contribution >= 0.6 is 22.7 Å². The van der Waals surface area contributed by atoms with Gasteiger partial charge in [-0.3, -0.25) is 0 Å². The molecule has 2 aromatic rings. The molecule has 0 saturated carbocycles. The van der Waals surface area contributed by atoms with Gasteiger partial charge in [-0.05, 0) is 86.4 Å². The SMILES string of the molecule is CCCCCCC1=CC=C(c2ccc(C3=CC=C(c4ccc(C5=CC=C(CCCCCC)S5(=O)=O)s4)S3(=O)=O)s2)S1(=O)=O. The van der Waals surface area contributed by atoms with E-state index in [2.05, 4.69) is 13.8 Å². The molecule has 0 aromatic carbocycles. The molecule has 5 heterocycles. The lowest BCUT2D eigenvalue weighted by Crippen LogP contribution is -2.02. The van der Waals surface area contributed by atoms with Crippen molar-refractivity contribution < 1.29 is 25.3 Å². The van der Waals surface area contributed by atoms with E-state index >= 15 is 0 Å². The number of unbranched alkanes of at least 4 members (excludes halogenated alkanes) is 6. The topological polar surface area (TPSA) is 102 Å². The first-order valence-corrected chi connectivity index (χ1v) is 20.8. The molecule has 0 N–H and O–H groups in total. The molecule has 0 atom stereocenters. The summed E-state index contributed by atoms with van der Waals surface area (Å²) in [5.41, 5.74) is 0. The summed E-state index contributed by atoms with van der Waals surface area (Å²) >= 11 is 2.29. The van der Waals surface area contributed by atoms with E-state index in [-0.39, 0.29) is 19.6 Å². The van der Waals surface area contributed by atoms with Crippen LogP contribution in [0.4, 0.5) is 0 Å². The van der Waals surface area contributed by atoms with Gasteiger partial charge in [-0.2, -0.15) is 0 Å². The van der Waals surface area contributed by atoms with Gasteiger partial charge < -0.3 is 0 Å². The third-order valence-electron chi connectivity index (χ3n) is 7.81.